The number of nitrogens with zero attached hydrogens (tertiary/aromatic N) is 1. The van der Waals surface area contributed by atoms with E-state index in [0.717, 1.165) is 11.3 Å². The van der Waals surface area contributed by atoms with Gasteiger partial charge >= 0.3 is 0 Å². The molecule has 2 aliphatic rings. The van der Waals surface area contributed by atoms with E-state index in [1.165, 1.54) is 7.11 Å². The highest BCUT2D eigenvalue weighted by atomic mass is 16.5. The Morgan fingerprint density at radius 3 is 2.28 bits per heavy atom. The molecule has 3 aromatic rings. The lowest BCUT2D eigenvalue weighted by Gasteiger charge is -2.37. The Morgan fingerprint density at radius 2 is 1.67 bits per heavy atom. The summed E-state index contributed by atoms with van der Waals surface area (Å²) in [4.78, 5) is 31.8. The first-order chi connectivity index (χ1) is 18.9. The third-order valence-corrected chi connectivity index (χ3v) is 7.28. The van der Waals surface area contributed by atoms with Crippen LogP contribution in [-0.4, -0.2) is 38.0 Å². The Balaban J connectivity index is 1.65. The highest BCUT2D eigenvalue weighted by Crippen LogP contribution is 2.49. The number of hydrogen-bond donors (Lipinski definition) is 2. The number of anilines is 1. The maximum Gasteiger partial charge on any atom is 0.254 e. The molecule has 2 atom stereocenters. The number of methoxy groups -OCH3 is 3. The molecule has 0 saturated heterocycles. The quantitative estimate of drug-likeness (QED) is 0.442. The first-order valence-electron chi connectivity index (χ1n) is 12.7. The van der Waals surface area contributed by atoms with E-state index in [4.69, 9.17) is 14.2 Å². The molecule has 2 aromatic carbocycles. The summed E-state index contributed by atoms with van der Waals surface area (Å²) >= 11 is 0. The number of carbonyl (C=O) groups excluding carboxylic acids is 2. The smallest absolute Gasteiger partial charge is 0.254 e. The molecule has 8 heteroatoms. The highest BCUT2D eigenvalue weighted by Gasteiger charge is 2.41. The fraction of sp³-hybridized carbons (Fsp3) is 0.258. The van der Waals surface area contributed by atoms with Crippen molar-refractivity contribution in [1.29, 1.82) is 0 Å². The van der Waals surface area contributed by atoms with Crippen molar-refractivity contribution in [1.82, 2.24) is 10.3 Å². The van der Waals surface area contributed by atoms with Gasteiger partial charge in [0.15, 0.2) is 17.3 Å². The molecular formula is C31H31N3O5. The number of nitrogens with one attached hydrogen (secondary N) is 2. The van der Waals surface area contributed by atoms with E-state index < -0.39 is 5.92 Å². The number of rotatable bonds is 7. The number of Topliss-reactive ketones (excluding diaryl/α,β-unsaturated/α-hetero) is 1. The van der Waals surface area contributed by atoms with Crippen molar-refractivity contribution in [3.8, 4) is 17.2 Å². The van der Waals surface area contributed by atoms with Crippen LogP contribution < -0.4 is 24.8 Å². The summed E-state index contributed by atoms with van der Waals surface area (Å²) in [6.45, 7) is 1.86. The van der Waals surface area contributed by atoms with E-state index in [-0.39, 0.29) is 17.6 Å². The van der Waals surface area contributed by atoms with E-state index >= 15 is 0 Å². The van der Waals surface area contributed by atoms with Crippen LogP contribution in [0.2, 0.25) is 0 Å². The maximum atomic E-state index is 13.9. The van der Waals surface area contributed by atoms with Crippen LogP contribution >= 0.6 is 0 Å². The number of aromatic nitrogens is 1. The summed E-state index contributed by atoms with van der Waals surface area (Å²) in [7, 11) is 4.62. The number of ether oxygens (including phenoxy) is 3. The Bertz CT molecular complexity index is 1440. The van der Waals surface area contributed by atoms with E-state index in [0.29, 0.717) is 58.2 Å². The maximum absolute atomic E-state index is 13.9. The summed E-state index contributed by atoms with van der Waals surface area (Å²) in [6.07, 6.45) is 4.23. The fourth-order valence-corrected chi connectivity index (χ4v) is 5.54. The van der Waals surface area contributed by atoms with Gasteiger partial charge in [-0.1, -0.05) is 30.3 Å². The SMILES string of the molecule is COc1cc(C2C(C(=O)Nc3cccnc3)=C(C)NC3=C2C(=O)CC(c2ccccc2)C3)cc(OC)c1OC. The number of hydrogen-bond acceptors (Lipinski definition) is 7. The molecule has 0 spiro atoms. The standard InChI is InChI=1S/C31H31N3O5/c1-18-27(31(36)34-22-11-8-12-32-17-22)28(21-15-25(37-2)30(39-4)26(16-21)38-3)29-23(33-18)13-20(14-24(29)35)19-9-6-5-7-10-19/h5-12,15-17,20,28,33H,13-14H2,1-4H3,(H,34,36). The van der Waals surface area contributed by atoms with Gasteiger partial charge in [-0.25, -0.2) is 0 Å². The van der Waals surface area contributed by atoms with Crippen molar-refractivity contribution in [3.05, 3.63) is 101 Å². The van der Waals surface area contributed by atoms with Crippen molar-refractivity contribution in [2.45, 2.75) is 31.6 Å². The largest absolute Gasteiger partial charge is 0.493 e. The molecule has 2 unspecified atom stereocenters. The van der Waals surface area contributed by atoms with Gasteiger partial charge in [0, 0.05) is 41.1 Å². The van der Waals surface area contributed by atoms with Crippen molar-refractivity contribution in [3.63, 3.8) is 0 Å². The number of allylic oxidation sites excluding steroid dienone is 3. The summed E-state index contributed by atoms with van der Waals surface area (Å²) in [5.74, 6) is 0.407. The molecule has 1 amide bonds. The second-order valence-electron chi connectivity index (χ2n) is 9.58. The molecule has 2 N–H and O–H groups in total. The predicted octanol–water partition coefficient (Wildman–Crippen LogP) is 5.11. The summed E-state index contributed by atoms with van der Waals surface area (Å²) < 4.78 is 16.8. The minimum absolute atomic E-state index is 0.00414. The third-order valence-electron chi connectivity index (χ3n) is 7.28. The van der Waals surface area contributed by atoms with Crippen molar-refractivity contribution in [2.24, 2.45) is 0 Å². The molecule has 0 bridgehead atoms. The van der Waals surface area contributed by atoms with Crippen LogP contribution in [0.1, 0.15) is 42.7 Å². The number of benzene rings is 2. The van der Waals surface area contributed by atoms with Gasteiger partial charge in [-0.2, -0.15) is 0 Å². The lowest BCUT2D eigenvalue weighted by molar-refractivity contribution is -0.116. The van der Waals surface area contributed by atoms with E-state index in [9.17, 15) is 9.59 Å². The van der Waals surface area contributed by atoms with Crippen molar-refractivity contribution in [2.75, 3.05) is 26.6 Å². The van der Waals surface area contributed by atoms with Crippen LogP contribution in [0.25, 0.3) is 0 Å². The van der Waals surface area contributed by atoms with Gasteiger partial charge in [0.05, 0.1) is 33.2 Å². The Morgan fingerprint density at radius 1 is 0.949 bits per heavy atom. The molecule has 1 aromatic heterocycles. The zero-order chi connectivity index (χ0) is 27.5. The van der Waals surface area contributed by atoms with Gasteiger partial charge in [-0.15, -0.1) is 0 Å². The van der Waals surface area contributed by atoms with Crippen molar-refractivity contribution >= 4 is 17.4 Å². The van der Waals surface area contributed by atoms with Gasteiger partial charge in [-0.05, 0) is 54.7 Å². The Kier molecular flexibility index (Phi) is 7.36. The normalized spacial score (nSPS) is 18.7. The van der Waals surface area contributed by atoms with Gasteiger partial charge in [-0.3, -0.25) is 14.6 Å². The highest BCUT2D eigenvalue weighted by molar-refractivity contribution is 6.10. The number of carbonyl (C=O) groups is 2. The molecule has 200 valence electrons. The van der Waals surface area contributed by atoms with Crippen LogP contribution in [-0.2, 0) is 9.59 Å². The Labute approximate surface area is 227 Å². The number of amides is 1. The van der Waals surface area contributed by atoms with E-state index in [2.05, 4.69) is 27.8 Å². The molecule has 0 radical (unpaired) electrons. The van der Waals surface area contributed by atoms with Crippen LogP contribution in [0.15, 0.2) is 89.5 Å². The molecule has 1 aliphatic carbocycles. The monoisotopic (exact) mass is 525 g/mol. The average molecular weight is 526 g/mol. The third kappa shape index (κ3) is 4.97. The number of pyridine rings is 1. The van der Waals surface area contributed by atoms with Crippen LogP contribution in [0.5, 0.6) is 17.2 Å². The Hall–Kier alpha value is -4.59. The molecule has 0 fully saturated rings. The number of ketones is 1. The van der Waals surface area contributed by atoms with Crippen LogP contribution in [0, 0.1) is 0 Å². The molecule has 39 heavy (non-hydrogen) atoms. The zero-order valence-electron chi connectivity index (χ0n) is 22.4. The van der Waals surface area contributed by atoms with E-state index in [1.807, 2.05) is 37.3 Å². The molecular weight excluding hydrogens is 494 g/mol. The van der Waals surface area contributed by atoms with Crippen molar-refractivity contribution < 1.29 is 23.8 Å². The van der Waals surface area contributed by atoms with Gasteiger partial charge in [0.1, 0.15) is 0 Å². The fourth-order valence-electron chi connectivity index (χ4n) is 5.54. The number of dihydropyridines is 1. The van der Waals surface area contributed by atoms with Crippen LogP contribution in [0.3, 0.4) is 0 Å². The first-order valence-corrected chi connectivity index (χ1v) is 12.7. The summed E-state index contributed by atoms with van der Waals surface area (Å²) in [5, 5.41) is 6.37. The molecule has 8 nitrogen and oxygen atoms in total. The molecule has 0 saturated carbocycles. The van der Waals surface area contributed by atoms with Gasteiger partial charge < -0.3 is 24.8 Å². The lowest BCUT2D eigenvalue weighted by Crippen LogP contribution is -2.37. The predicted molar refractivity (Wildman–Crippen MR) is 148 cm³/mol. The second-order valence-corrected chi connectivity index (χ2v) is 9.58. The molecule has 2 heterocycles. The second kappa shape index (κ2) is 11.0. The van der Waals surface area contributed by atoms with Crippen LogP contribution in [0.4, 0.5) is 5.69 Å². The molecule has 5 rings (SSSR count). The molecule has 1 aliphatic heterocycles. The first kappa shape index (κ1) is 26.0. The minimum Gasteiger partial charge on any atom is -0.493 e. The minimum atomic E-state index is -0.643. The van der Waals surface area contributed by atoms with E-state index in [1.54, 1.807) is 38.7 Å². The van der Waals surface area contributed by atoms with Gasteiger partial charge in [0.2, 0.25) is 5.75 Å². The average Bonchev–Trinajstić information content (AvgIpc) is 2.96. The summed E-state index contributed by atoms with van der Waals surface area (Å²) in [6, 6.07) is 17.2. The summed E-state index contributed by atoms with van der Waals surface area (Å²) in [5.41, 5.74) is 4.90. The van der Waals surface area contributed by atoms with Gasteiger partial charge in [0.25, 0.3) is 5.91 Å². The topological polar surface area (TPSA) is 98.8 Å². The lowest BCUT2D eigenvalue weighted by atomic mass is 9.71. The zero-order valence-corrected chi connectivity index (χ0v) is 22.4.